The van der Waals surface area contributed by atoms with Crippen molar-refractivity contribution in [1.29, 1.82) is 0 Å². The highest BCUT2D eigenvalue weighted by molar-refractivity contribution is 8.00. The Morgan fingerprint density at radius 3 is 2.50 bits per heavy atom. The van der Waals surface area contributed by atoms with E-state index in [4.69, 9.17) is 11.6 Å². The fourth-order valence-corrected chi connectivity index (χ4v) is 4.20. The number of nitrogens with zero attached hydrogens (tertiary/aromatic N) is 3. The van der Waals surface area contributed by atoms with E-state index in [-0.39, 0.29) is 10.6 Å². The Hall–Kier alpha value is -2.50. The van der Waals surface area contributed by atoms with Gasteiger partial charge in [0, 0.05) is 37.3 Å². The van der Waals surface area contributed by atoms with Gasteiger partial charge in [0.25, 0.3) is 5.69 Å². The summed E-state index contributed by atoms with van der Waals surface area (Å²) >= 11 is 6.89. The van der Waals surface area contributed by atoms with Crippen LogP contribution in [0.15, 0.2) is 41.3 Å². The van der Waals surface area contributed by atoms with Crippen molar-refractivity contribution in [3.8, 4) is 0 Å². The predicted octanol–water partition coefficient (Wildman–Crippen LogP) is 4.75. The molecule has 0 aliphatic carbocycles. The van der Waals surface area contributed by atoms with Crippen LogP contribution in [0.3, 0.4) is 0 Å². The molecule has 1 aliphatic heterocycles. The molecular formula is C20H20ClF3N4O3S. The Morgan fingerprint density at radius 1 is 1.19 bits per heavy atom. The number of benzene rings is 2. The third-order valence-corrected chi connectivity index (χ3v) is 6.22. The molecule has 0 bridgehead atoms. The van der Waals surface area contributed by atoms with Gasteiger partial charge >= 0.3 is 6.18 Å². The van der Waals surface area contributed by atoms with E-state index in [1.165, 1.54) is 0 Å². The first-order valence-corrected chi connectivity index (χ1v) is 10.9. The number of rotatable bonds is 6. The van der Waals surface area contributed by atoms with E-state index in [1.54, 1.807) is 12.1 Å². The van der Waals surface area contributed by atoms with Gasteiger partial charge in [0.2, 0.25) is 5.91 Å². The summed E-state index contributed by atoms with van der Waals surface area (Å²) in [4.78, 5) is 27.2. The molecule has 1 N–H and O–H groups in total. The van der Waals surface area contributed by atoms with Crippen LogP contribution in [-0.4, -0.2) is 54.7 Å². The number of nitro groups is 1. The van der Waals surface area contributed by atoms with Gasteiger partial charge < -0.3 is 15.1 Å². The molecule has 7 nitrogen and oxygen atoms in total. The van der Waals surface area contributed by atoms with Crippen molar-refractivity contribution in [2.24, 2.45) is 0 Å². The van der Waals surface area contributed by atoms with Crippen molar-refractivity contribution >= 4 is 46.3 Å². The number of hydrogen-bond acceptors (Lipinski definition) is 6. The van der Waals surface area contributed by atoms with Crippen LogP contribution in [0.2, 0.25) is 5.02 Å². The van der Waals surface area contributed by atoms with Gasteiger partial charge in [-0.25, -0.2) is 0 Å². The molecule has 1 saturated heterocycles. The van der Waals surface area contributed by atoms with Crippen LogP contribution >= 0.6 is 23.4 Å². The van der Waals surface area contributed by atoms with Gasteiger partial charge in [0.15, 0.2) is 0 Å². The molecule has 32 heavy (non-hydrogen) atoms. The Bertz CT molecular complexity index is 1010. The fourth-order valence-electron chi connectivity index (χ4n) is 3.22. The van der Waals surface area contributed by atoms with Gasteiger partial charge in [0.1, 0.15) is 0 Å². The lowest BCUT2D eigenvalue weighted by molar-refractivity contribution is -0.388. The first-order valence-electron chi connectivity index (χ1n) is 9.56. The molecule has 2 aromatic carbocycles. The smallest absolute Gasteiger partial charge is 0.367 e. The summed E-state index contributed by atoms with van der Waals surface area (Å²) in [5.74, 6) is -0.678. The summed E-state index contributed by atoms with van der Waals surface area (Å²) in [5, 5.41) is 14.4. The van der Waals surface area contributed by atoms with E-state index < -0.39 is 28.3 Å². The third kappa shape index (κ3) is 6.05. The molecule has 0 atom stereocenters. The van der Waals surface area contributed by atoms with Crippen LogP contribution in [0.1, 0.15) is 5.56 Å². The second-order valence-electron chi connectivity index (χ2n) is 7.23. The SMILES string of the molecule is CN1CCN(c2ccc(Cl)cc2NC(=O)CSc2ccc(C(F)(F)F)cc2[N+](=O)[O-])CC1. The van der Waals surface area contributed by atoms with Crippen molar-refractivity contribution in [3.05, 3.63) is 57.1 Å². The van der Waals surface area contributed by atoms with Gasteiger partial charge in [-0.3, -0.25) is 14.9 Å². The lowest BCUT2D eigenvalue weighted by atomic mass is 10.2. The number of alkyl halides is 3. The maximum atomic E-state index is 12.9. The van der Waals surface area contributed by atoms with E-state index in [0.717, 1.165) is 55.8 Å². The van der Waals surface area contributed by atoms with Crippen LogP contribution in [0, 0.1) is 10.1 Å². The van der Waals surface area contributed by atoms with Crippen LogP contribution in [-0.2, 0) is 11.0 Å². The van der Waals surface area contributed by atoms with Gasteiger partial charge in [-0.15, -0.1) is 11.8 Å². The molecule has 0 aromatic heterocycles. The van der Waals surface area contributed by atoms with Crippen molar-refractivity contribution in [3.63, 3.8) is 0 Å². The standard InChI is InChI=1S/C20H20ClF3N4O3S/c1-26-6-8-27(9-7-26)16-4-3-14(21)11-15(16)25-19(29)12-32-18-5-2-13(20(22,23)24)10-17(18)28(30)31/h2-5,10-11H,6-9,12H2,1H3,(H,25,29). The first kappa shape index (κ1) is 24.1. The summed E-state index contributed by atoms with van der Waals surface area (Å²) < 4.78 is 38.6. The number of thioether (sulfide) groups is 1. The number of likely N-dealkylation sites (N-methyl/N-ethyl adjacent to an activating group) is 1. The number of hydrogen-bond donors (Lipinski definition) is 1. The molecule has 12 heteroatoms. The quantitative estimate of drug-likeness (QED) is 0.359. The molecule has 2 aromatic rings. The Labute approximate surface area is 191 Å². The zero-order valence-electron chi connectivity index (χ0n) is 17.0. The number of carbonyl (C=O) groups is 1. The van der Waals surface area contributed by atoms with Crippen molar-refractivity contribution in [2.75, 3.05) is 49.2 Å². The minimum Gasteiger partial charge on any atom is -0.367 e. The molecule has 1 amide bonds. The van der Waals surface area contributed by atoms with Crippen LogP contribution < -0.4 is 10.2 Å². The molecule has 0 saturated carbocycles. The maximum Gasteiger partial charge on any atom is 0.416 e. The number of nitrogens with one attached hydrogen (secondary N) is 1. The number of anilines is 2. The Kier molecular flexibility index (Phi) is 7.52. The molecule has 1 aliphatic rings. The molecule has 1 heterocycles. The molecule has 3 rings (SSSR count). The summed E-state index contributed by atoms with van der Waals surface area (Å²) in [7, 11) is 2.03. The Morgan fingerprint density at radius 2 is 1.88 bits per heavy atom. The predicted molar refractivity (Wildman–Crippen MR) is 119 cm³/mol. The van der Waals surface area contributed by atoms with Gasteiger partial charge in [-0.1, -0.05) is 11.6 Å². The summed E-state index contributed by atoms with van der Waals surface area (Å²) in [6.45, 7) is 3.27. The second-order valence-corrected chi connectivity index (χ2v) is 8.68. The molecule has 0 unspecified atom stereocenters. The molecule has 0 spiro atoms. The molecule has 1 fully saturated rings. The number of piperazine rings is 1. The van der Waals surface area contributed by atoms with Gasteiger partial charge in [-0.2, -0.15) is 13.2 Å². The van der Waals surface area contributed by atoms with E-state index >= 15 is 0 Å². The zero-order valence-corrected chi connectivity index (χ0v) is 18.6. The first-order chi connectivity index (χ1) is 15.0. The Balaban J connectivity index is 1.72. The monoisotopic (exact) mass is 488 g/mol. The number of carbonyl (C=O) groups excluding carboxylic acids is 1. The lowest BCUT2D eigenvalue weighted by Gasteiger charge is -2.35. The van der Waals surface area contributed by atoms with Crippen LogP contribution in [0.4, 0.5) is 30.2 Å². The number of amides is 1. The average Bonchev–Trinajstić information content (AvgIpc) is 2.72. The van der Waals surface area contributed by atoms with Crippen LogP contribution in [0.5, 0.6) is 0 Å². The van der Waals surface area contributed by atoms with Gasteiger partial charge in [0.05, 0.1) is 32.5 Å². The summed E-state index contributed by atoms with van der Waals surface area (Å²) in [5.41, 5.74) is -0.497. The van der Waals surface area contributed by atoms with E-state index in [1.807, 2.05) is 13.1 Å². The minimum atomic E-state index is -4.70. The molecule has 172 valence electrons. The van der Waals surface area contributed by atoms with E-state index in [2.05, 4.69) is 15.1 Å². The summed E-state index contributed by atoms with van der Waals surface area (Å²) in [6, 6.07) is 7.41. The fraction of sp³-hybridized carbons (Fsp3) is 0.350. The highest BCUT2D eigenvalue weighted by atomic mass is 35.5. The molecule has 0 radical (unpaired) electrons. The highest BCUT2D eigenvalue weighted by Crippen LogP contribution is 2.37. The van der Waals surface area contributed by atoms with E-state index in [9.17, 15) is 28.1 Å². The molecular weight excluding hydrogens is 469 g/mol. The zero-order chi connectivity index (χ0) is 23.5. The second kappa shape index (κ2) is 9.97. The number of nitro benzene ring substituents is 1. The summed E-state index contributed by atoms with van der Waals surface area (Å²) in [6.07, 6.45) is -4.70. The van der Waals surface area contributed by atoms with Crippen LogP contribution in [0.25, 0.3) is 0 Å². The largest absolute Gasteiger partial charge is 0.416 e. The average molecular weight is 489 g/mol. The van der Waals surface area contributed by atoms with E-state index in [0.29, 0.717) is 16.8 Å². The number of halogens is 4. The van der Waals surface area contributed by atoms with Crippen molar-refractivity contribution in [2.45, 2.75) is 11.1 Å². The highest BCUT2D eigenvalue weighted by Gasteiger charge is 2.33. The minimum absolute atomic E-state index is 0.0245. The topological polar surface area (TPSA) is 78.7 Å². The van der Waals surface area contributed by atoms with Crippen molar-refractivity contribution in [1.82, 2.24) is 4.90 Å². The maximum absolute atomic E-state index is 12.9. The van der Waals surface area contributed by atoms with Crippen molar-refractivity contribution < 1.29 is 22.9 Å². The van der Waals surface area contributed by atoms with Gasteiger partial charge in [-0.05, 0) is 37.4 Å². The third-order valence-electron chi connectivity index (χ3n) is 4.92. The lowest BCUT2D eigenvalue weighted by Crippen LogP contribution is -2.44. The normalized spacial score (nSPS) is 15.0.